The third kappa shape index (κ3) is 3.36. The first-order chi connectivity index (χ1) is 9.96. The highest BCUT2D eigenvalue weighted by atomic mass is 32.2. The summed E-state index contributed by atoms with van der Waals surface area (Å²) >= 11 is 0. The number of nitrogens with zero attached hydrogens (tertiary/aromatic N) is 1. The molecule has 0 atom stereocenters. The maximum absolute atomic E-state index is 12.6. The van der Waals surface area contributed by atoms with Crippen LogP contribution in [0.3, 0.4) is 0 Å². The highest BCUT2D eigenvalue weighted by molar-refractivity contribution is 7.89. The number of amides is 1. The van der Waals surface area contributed by atoms with Gasteiger partial charge in [-0.15, -0.1) is 0 Å². The molecule has 3 N–H and O–H groups in total. The molecule has 1 heterocycles. The van der Waals surface area contributed by atoms with Gasteiger partial charge in [0.2, 0.25) is 15.9 Å². The predicted octanol–water partition coefficient (Wildman–Crippen LogP) is 0.806. The first-order valence-corrected chi connectivity index (χ1v) is 8.53. The van der Waals surface area contributed by atoms with Gasteiger partial charge in [-0.1, -0.05) is 12.1 Å². The number of anilines is 1. The number of piperidine rings is 1. The van der Waals surface area contributed by atoms with Gasteiger partial charge in [-0.25, -0.2) is 8.42 Å². The number of carbonyl (C=O) groups is 1. The van der Waals surface area contributed by atoms with Crippen molar-refractivity contribution in [2.24, 2.45) is 5.92 Å². The summed E-state index contributed by atoms with van der Waals surface area (Å²) in [4.78, 5) is 11.9. The number of hydrogen-bond acceptors (Lipinski definition) is 4. The van der Waals surface area contributed by atoms with Crippen LogP contribution in [0.25, 0.3) is 0 Å². The lowest BCUT2D eigenvalue weighted by Gasteiger charge is -2.30. The average molecular weight is 311 g/mol. The summed E-state index contributed by atoms with van der Waals surface area (Å²) in [5.41, 5.74) is 6.01. The van der Waals surface area contributed by atoms with Crippen molar-refractivity contribution in [1.82, 2.24) is 9.62 Å². The second kappa shape index (κ2) is 6.44. The fraction of sp³-hybridized carbons (Fsp3) is 0.500. The largest absolute Gasteiger partial charge is 0.398 e. The van der Waals surface area contributed by atoms with E-state index in [2.05, 4.69) is 5.32 Å². The number of nitrogens with one attached hydrogen (secondary N) is 1. The topological polar surface area (TPSA) is 92.5 Å². The van der Waals surface area contributed by atoms with Gasteiger partial charge in [0.25, 0.3) is 0 Å². The van der Waals surface area contributed by atoms with E-state index in [1.165, 1.54) is 10.4 Å². The summed E-state index contributed by atoms with van der Waals surface area (Å²) in [5.74, 6) is -0.0988. The molecule has 7 heteroatoms. The van der Waals surface area contributed by atoms with Crippen LogP contribution in [-0.4, -0.2) is 38.3 Å². The SMILES string of the molecule is CCNC(=O)C1CCN(S(=O)(=O)c2ccccc2N)CC1. The molecule has 1 aliphatic rings. The Morgan fingerprint density at radius 3 is 2.52 bits per heavy atom. The Morgan fingerprint density at radius 1 is 1.33 bits per heavy atom. The minimum Gasteiger partial charge on any atom is -0.398 e. The van der Waals surface area contributed by atoms with Gasteiger partial charge in [-0.2, -0.15) is 4.31 Å². The minimum atomic E-state index is -3.58. The molecular weight excluding hydrogens is 290 g/mol. The summed E-state index contributed by atoms with van der Waals surface area (Å²) in [7, 11) is -3.58. The molecule has 0 aromatic heterocycles. The van der Waals surface area contributed by atoms with Gasteiger partial charge < -0.3 is 11.1 Å². The number of sulfonamides is 1. The normalized spacial score (nSPS) is 17.6. The maximum atomic E-state index is 12.6. The van der Waals surface area contributed by atoms with Gasteiger partial charge in [0, 0.05) is 25.6 Å². The molecule has 21 heavy (non-hydrogen) atoms. The number of carbonyl (C=O) groups excluding carboxylic acids is 1. The minimum absolute atomic E-state index is 0.00812. The second-order valence-corrected chi connectivity index (χ2v) is 7.02. The standard InChI is InChI=1S/C14H21N3O3S/c1-2-16-14(18)11-7-9-17(10-8-11)21(19,20)13-6-4-3-5-12(13)15/h3-6,11H,2,7-10,15H2,1H3,(H,16,18). The Labute approximate surface area is 125 Å². The fourth-order valence-electron chi connectivity index (χ4n) is 2.53. The first kappa shape index (κ1) is 15.8. The Bertz CT molecular complexity index is 608. The highest BCUT2D eigenvalue weighted by Crippen LogP contribution is 2.26. The molecule has 0 saturated carbocycles. The van der Waals surface area contributed by atoms with Crippen LogP contribution in [0.15, 0.2) is 29.2 Å². The maximum Gasteiger partial charge on any atom is 0.245 e. The summed E-state index contributed by atoms with van der Waals surface area (Å²) in [6.45, 7) is 3.16. The quantitative estimate of drug-likeness (QED) is 0.805. The summed E-state index contributed by atoms with van der Waals surface area (Å²) in [6, 6.07) is 6.45. The molecule has 6 nitrogen and oxygen atoms in total. The fourth-order valence-corrected chi connectivity index (χ4v) is 4.12. The van der Waals surface area contributed by atoms with Crippen LogP contribution in [0.5, 0.6) is 0 Å². The molecule has 0 aliphatic carbocycles. The molecule has 0 radical (unpaired) electrons. The van der Waals surface area contributed by atoms with E-state index in [4.69, 9.17) is 5.73 Å². The van der Waals surface area contributed by atoms with Crippen molar-refractivity contribution in [2.45, 2.75) is 24.7 Å². The van der Waals surface area contributed by atoms with Crippen molar-refractivity contribution in [1.29, 1.82) is 0 Å². The van der Waals surface area contributed by atoms with Crippen molar-refractivity contribution < 1.29 is 13.2 Å². The molecule has 1 saturated heterocycles. The molecular formula is C14H21N3O3S. The van der Waals surface area contributed by atoms with Gasteiger partial charge in [0.15, 0.2) is 0 Å². The van der Waals surface area contributed by atoms with Crippen molar-refractivity contribution in [2.75, 3.05) is 25.4 Å². The van der Waals surface area contributed by atoms with E-state index in [0.29, 0.717) is 32.5 Å². The van der Waals surface area contributed by atoms with Gasteiger partial charge in [-0.05, 0) is 31.9 Å². The van der Waals surface area contributed by atoms with Crippen molar-refractivity contribution >= 4 is 21.6 Å². The van der Waals surface area contributed by atoms with Crippen LogP contribution >= 0.6 is 0 Å². The molecule has 0 unspecified atom stereocenters. The van der Waals surface area contributed by atoms with Gasteiger partial charge in [0.05, 0.1) is 5.69 Å². The van der Waals surface area contributed by atoms with Crippen LogP contribution in [0.4, 0.5) is 5.69 Å². The number of para-hydroxylation sites is 1. The molecule has 1 aromatic rings. The molecule has 0 bridgehead atoms. The number of nitrogens with two attached hydrogens (primary N) is 1. The van der Waals surface area contributed by atoms with E-state index >= 15 is 0 Å². The van der Waals surface area contributed by atoms with E-state index in [9.17, 15) is 13.2 Å². The molecule has 0 spiro atoms. The first-order valence-electron chi connectivity index (χ1n) is 7.09. The lowest BCUT2D eigenvalue weighted by atomic mass is 9.97. The van der Waals surface area contributed by atoms with Crippen LogP contribution in [0.1, 0.15) is 19.8 Å². The Kier molecular flexibility index (Phi) is 4.84. The molecule has 1 aromatic carbocycles. The smallest absolute Gasteiger partial charge is 0.245 e. The zero-order valence-electron chi connectivity index (χ0n) is 12.1. The van der Waals surface area contributed by atoms with E-state index in [0.717, 1.165) is 0 Å². The van der Waals surface area contributed by atoms with Gasteiger partial charge >= 0.3 is 0 Å². The summed E-state index contributed by atoms with van der Waals surface area (Å²) < 4.78 is 26.5. The predicted molar refractivity (Wildman–Crippen MR) is 81.0 cm³/mol. The molecule has 1 aliphatic heterocycles. The molecule has 116 valence electrons. The average Bonchev–Trinajstić information content (AvgIpc) is 2.48. The van der Waals surface area contributed by atoms with Crippen LogP contribution < -0.4 is 11.1 Å². The van der Waals surface area contributed by atoms with Crippen LogP contribution in [-0.2, 0) is 14.8 Å². The van der Waals surface area contributed by atoms with Gasteiger partial charge in [-0.3, -0.25) is 4.79 Å². The van der Waals surface area contributed by atoms with E-state index < -0.39 is 10.0 Å². The zero-order valence-corrected chi connectivity index (χ0v) is 12.9. The van der Waals surface area contributed by atoms with Gasteiger partial charge in [0.1, 0.15) is 4.90 Å². The molecule has 1 fully saturated rings. The Morgan fingerprint density at radius 2 is 1.95 bits per heavy atom. The summed E-state index contributed by atoms with van der Waals surface area (Å²) in [5, 5.41) is 2.78. The van der Waals surface area contributed by atoms with Crippen LogP contribution in [0, 0.1) is 5.92 Å². The van der Waals surface area contributed by atoms with Crippen LogP contribution in [0.2, 0.25) is 0 Å². The third-order valence-electron chi connectivity index (χ3n) is 3.71. The Hall–Kier alpha value is -1.60. The number of nitrogen functional groups attached to an aromatic ring is 1. The van der Waals surface area contributed by atoms with E-state index in [1.807, 2.05) is 6.92 Å². The zero-order chi connectivity index (χ0) is 15.5. The Balaban J connectivity index is 2.08. The molecule has 1 amide bonds. The van der Waals surface area contributed by atoms with Crippen molar-refractivity contribution in [3.63, 3.8) is 0 Å². The highest BCUT2D eigenvalue weighted by Gasteiger charge is 2.32. The van der Waals surface area contributed by atoms with Crippen molar-refractivity contribution in [3.8, 4) is 0 Å². The lowest BCUT2D eigenvalue weighted by Crippen LogP contribution is -2.43. The van der Waals surface area contributed by atoms with E-state index in [1.54, 1.807) is 18.2 Å². The van der Waals surface area contributed by atoms with E-state index in [-0.39, 0.29) is 22.4 Å². The number of rotatable bonds is 4. The number of hydrogen-bond donors (Lipinski definition) is 2. The number of benzene rings is 1. The monoisotopic (exact) mass is 311 g/mol. The summed E-state index contributed by atoms with van der Waals surface area (Å²) in [6.07, 6.45) is 1.08. The van der Waals surface area contributed by atoms with Crippen molar-refractivity contribution in [3.05, 3.63) is 24.3 Å². The lowest BCUT2D eigenvalue weighted by molar-refractivity contribution is -0.126. The second-order valence-electron chi connectivity index (χ2n) is 5.11. The molecule has 2 rings (SSSR count). The third-order valence-corrected chi connectivity index (χ3v) is 5.69.